The van der Waals surface area contributed by atoms with E-state index in [2.05, 4.69) is 5.32 Å². The van der Waals surface area contributed by atoms with Gasteiger partial charge in [0.15, 0.2) is 0 Å². The molecule has 1 saturated heterocycles. The number of hydrogen-bond donors (Lipinski definition) is 1. The maximum absolute atomic E-state index is 13.4. The lowest BCUT2D eigenvalue weighted by molar-refractivity contribution is 0.0164. The summed E-state index contributed by atoms with van der Waals surface area (Å²) in [6, 6.07) is 6.89. The van der Waals surface area contributed by atoms with E-state index in [4.69, 9.17) is 0 Å². The molecule has 1 nitrogen and oxygen atoms in total. The molecular weight excluding hydrogens is 208 g/mol. The van der Waals surface area contributed by atoms with Crippen LogP contribution in [0.1, 0.15) is 24.5 Å². The molecule has 1 aromatic rings. The molecular formula is C13H17F2N. The second-order valence-corrected chi connectivity index (χ2v) is 4.61. The van der Waals surface area contributed by atoms with Crippen LogP contribution < -0.4 is 5.32 Å². The molecule has 0 radical (unpaired) electrons. The summed E-state index contributed by atoms with van der Waals surface area (Å²) in [5.41, 5.74) is 0.977. The molecule has 1 aromatic carbocycles. The van der Waals surface area contributed by atoms with Crippen LogP contribution in [0.3, 0.4) is 0 Å². The van der Waals surface area contributed by atoms with E-state index in [1.165, 1.54) is 6.07 Å². The van der Waals surface area contributed by atoms with E-state index in [-0.39, 0.29) is 5.56 Å². The quantitative estimate of drug-likeness (QED) is 0.834. The van der Waals surface area contributed by atoms with Crippen LogP contribution in [0.5, 0.6) is 0 Å². The van der Waals surface area contributed by atoms with Crippen molar-refractivity contribution in [1.29, 1.82) is 0 Å². The smallest absolute Gasteiger partial charge is 0.270 e. The molecule has 0 aromatic heterocycles. The number of benzene rings is 1. The van der Waals surface area contributed by atoms with E-state index in [1.807, 2.05) is 12.1 Å². The zero-order valence-corrected chi connectivity index (χ0v) is 9.47. The third-order valence-corrected chi connectivity index (χ3v) is 3.16. The molecule has 1 N–H and O–H groups in total. The molecule has 3 heteroatoms. The summed E-state index contributed by atoms with van der Waals surface area (Å²) >= 11 is 0. The van der Waals surface area contributed by atoms with Crippen molar-refractivity contribution >= 4 is 0 Å². The normalized spacial score (nSPS) is 21.3. The molecule has 1 unspecified atom stereocenters. The number of hydrogen-bond acceptors (Lipinski definition) is 1. The fourth-order valence-corrected chi connectivity index (χ4v) is 2.33. The van der Waals surface area contributed by atoms with E-state index in [0.717, 1.165) is 38.4 Å². The Bertz CT molecular complexity index is 351. The highest BCUT2D eigenvalue weighted by Gasteiger charge is 2.28. The Labute approximate surface area is 94.9 Å². The Morgan fingerprint density at radius 3 is 2.75 bits per heavy atom. The average molecular weight is 225 g/mol. The first-order chi connectivity index (χ1) is 7.57. The molecule has 1 aliphatic rings. The van der Waals surface area contributed by atoms with Gasteiger partial charge < -0.3 is 5.32 Å². The Balaban J connectivity index is 2.19. The lowest BCUT2D eigenvalue weighted by Gasteiger charge is -2.17. The van der Waals surface area contributed by atoms with Gasteiger partial charge in [0.05, 0.1) is 0 Å². The molecule has 0 aliphatic carbocycles. The lowest BCUT2D eigenvalue weighted by atomic mass is 9.93. The van der Waals surface area contributed by atoms with Gasteiger partial charge in [0.1, 0.15) is 0 Å². The summed E-state index contributed by atoms with van der Waals surface area (Å²) in [6.45, 7) is 2.93. The molecule has 0 amide bonds. The van der Waals surface area contributed by atoms with Crippen LogP contribution in [0.25, 0.3) is 0 Å². The van der Waals surface area contributed by atoms with Crippen molar-refractivity contribution in [3.63, 3.8) is 0 Å². The number of nitrogens with one attached hydrogen (secondary N) is 1. The highest BCUT2D eigenvalue weighted by atomic mass is 19.3. The van der Waals surface area contributed by atoms with Gasteiger partial charge in [-0.3, -0.25) is 0 Å². The molecule has 1 atom stereocenters. The Kier molecular flexibility index (Phi) is 3.24. The summed E-state index contributed by atoms with van der Waals surface area (Å²) in [4.78, 5) is 0. The summed E-state index contributed by atoms with van der Waals surface area (Å²) in [6.07, 6.45) is 1.84. The van der Waals surface area contributed by atoms with Crippen LogP contribution in [-0.2, 0) is 12.3 Å². The number of alkyl halides is 2. The van der Waals surface area contributed by atoms with Crippen LogP contribution in [0.2, 0.25) is 0 Å². The van der Waals surface area contributed by atoms with Crippen LogP contribution in [0, 0.1) is 5.92 Å². The lowest BCUT2D eigenvalue weighted by Crippen LogP contribution is -2.15. The van der Waals surface area contributed by atoms with Gasteiger partial charge in [-0.05, 0) is 37.4 Å². The Hall–Kier alpha value is -0.960. The molecule has 0 bridgehead atoms. The molecule has 1 fully saturated rings. The van der Waals surface area contributed by atoms with E-state index in [0.29, 0.717) is 5.92 Å². The van der Waals surface area contributed by atoms with E-state index < -0.39 is 5.92 Å². The minimum absolute atomic E-state index is 0.182. The second-order valence-electron chi connectivity index (χ2n) is 4.61. The summed E-state index contributed by atoms with van der Waals surface area (Å²) in [5, 5.41) is 3.26. The average Bonchev–Trinajstić information content (AvgIpc) is 2.70. The Morgan fingerprint density at radius 2 is 2.12 bits per heavy atom. The van der Waals surface area contributed by atoms with E-state index in [1.54, 1.807) is 6.07 Å². The van der Waals surface area contributed by atoms with Gasteiger partial charge in [0, 0.05) is 12.5 Å². The van der Waals surface area contributed by atoms with Crippen molar-refractivity contribution in [1.82, 2.24) is 5.32 Å². The first kappa shape index (κ1) is 11.5. The van der Waals surface area contributed by atoms with Gasteiger partial charge in [-0.15, -0.1) is 0 Å². The molecule has 16 heavy (non-hydrogen) atoms. The van der Waals surface area contributed by atoms with Crippen molar-refractivity contribution in [2.75, 3.05) is 13.1 Å². The molecule has 0 saturated carbocycles. The SMILES string of the molecule is CC(F)(F)c1ccccc1CC1CCNC1. The van der Waals surface area contributed by atoms with Gasteiger partial charge >= 0.3 is 0 Å². The largest absolute Gasteiger partial charge is 0.316 e. The minimum Gasteiger partial charge on any atom is -0.316 e. The molecule has 88 valence electrons. The van der Waals surface area contributed by atoms with Crippen LogP contribution in [0.15, 0.2) is 24.3 Å². The van der Waals surface area contributed by atoms with Gasteiger partial charge in [-0.2, -0.15) is 0 Å². The summed E-state index contributed by atoms with van der Waals surface area (Å²) in [7, 11) is 0. The van der Waals surface area contributed by atoms with Crippen molar-refractivity contribution < 1.29 is 8.78 Å². The zero-order valence-electron chi connectivity index (χ0n) is 9.47. The van der Waals surface area contributed by atoms with Crippen molar-refractivity contribution in [3.8, 4) is 0 Å². The van der Waals surface area contributed by atoms with E-state index >= 15 is 0 Å². The summed E-state index contributed by atoms with van der Waals surface area (Å²) < 4.78 is 26.7. The van der Waals surface area contributed by atoms with Gasteiger partial charge in [0.25, 0.3) is 5.92 Å². The maximum atomic E-state index is 13.4. The summed E-state index contributed by atoms with van der Waals surface area (Å²) in [5.74, 6) is -2.23. The standard InChI is InChI=1S/C13H17F2N/c1-13(14,15)12-5-3-2-4-11(12)8-10-6-7-16-9-10/h2-5,10,16H,6-9H2,1H3. The predicted octanol–water partition coefficient (Wildman–Crippen LogP) is 2.95. The van der Waals surface area contributed by atoms with Crippen LogP contribution in [-0.4, -0.2) is 13.1 Å². The van der Waals surface area contributed by atoms with Crippen LogP contribution in [0.4, 0.5) is 8.78 Å². The number of rotatable bonds is 3. The van der Waals surface area contributed by atoms with Gasteiger partial charge in [-0.1, -0.05) is 24.3 Å². The number of halogens is 2. The Morgan fingerprint density at radius 1 is 1.38 bits per heavy atom. The van der Waals surface area contributed by atoms with Gasteiger partial charge in [0.2, 0.25) is 0 Å². The highest BCUT2D eigenvalue weighted by molar-refractivity contribution is 5.31. The third kappa shape index (κ3) is 2.59. The molecule has 1 aliphatic heterocycles. The van der Waals surface area contributed by atoms with E-state index in [9.17, 15) is 8.78 Å². The van der Waals surface area contributed by atoms with Crippen molar-refractivity contribution in [3.05, 3.63) is 35.4 Å². The third-order valence-electron chi connectivity index (χ3n) is 3.16. The molecule has 0 spiro atoms. The first-order valence-electron chi connectivity index (χ1n) is 5.74. The molecule has 1 heterocycles. The van der Waals surface area contributed by atoms with Gasteiger partial charge in [-0.25, -0.2) is 8.78 Å². The minimum atomic E-state index is -2.73. The molecule has 2 rings (SSSR count). The monoisotopic (exact) mass is 225 g/mol. The fraction of sp³-hybridized carbons (Fsp3) is 0.538. The predicted molar refractivity (Wildman–Crippen MR) is 60.7 cm³/mol. The zero-order chi connectivity index (χ0) is 11.6. The van der Waals surface area contributed by atoms with Crippen molar-refractivity contribution in [2.45, 2.75) is 25.7 Å². The second kappa shape index (κ2) is 4.50. The highest BCUT2D eigenvalue weighted by Crippen LogP contribution is 2.31. The maximum Gasteiger partial charge on any atom is 0.270 e. The first-order valence-corrected chi connectivity index (χ1v) is 5.74. The topological polar surface area (TPSA) is 12.0 Å². The van der Waals surface area contributed by atoms with Crippen LogP contribution >= 0.6 is 0 Å². The fourth-order valence-electron chi connectivity index (χ4n) is 2.33. The van der Waals surface area contributed by atoms with Crippen molar-refractivity contribution in [2.24, 2.45) is 5.92 Å².